The fourth-order valence-corrected chi connectivity index (χ4v) is 3.19. The van der Waals surface area contributed by atoms with Crippen LogP contribution in [0, 0.1) is 0 Å². The highest BCUT2D eigenvalue weighted by molar-refractivity contribution is 5.95. The molecule has 4 amide bonds. The van der Waals surface area contributed by atoms with Crippen molar-refractivity contribution in [2.45, 2.75) is 13.3 Å². The molecule has 1 saturated heterocycles. The Balaban J connectivity index is 1.36. The Kier molecular flexibility index (Phi) is 7.74. The maximum absolute atomic E-state index is 12.4. The quantitative estimate of drug-likeness (QED) is 0.611. The number of carbonyl (C=O) groups is 3. The summed E-state index contributed by atoms with van der Waals surface area (Å²) < 4.78 is 0. The maximum Gasteiger partial charge on any atom is 0.319 e. The summed E-state index contributed by atoms with van der Waals surface area (Å²) in [5, 5.41) is 8.09. The van der Waals surface area contributed by atoms with E-state index in [1.807, 2.05) is 11.8 Å². The van der Waals surface area contributed by atoms with E-state index < -0.39 is 6.03 Å². The molecule has 0 aliphatic carbocycles. The minimum atomic E-state index is -0.399. The lowest BCUT2D eigenvalue weighted by Crippen LogP contribution is -2.49. The van der Waals surface area contributed by atoms with E-state index >= 15 is 0 Å². The van der Waals surface area contributed by atoms with E-state index in [1.54, 1.807) is 47.6 Å². The second kappa shape index (κ2) is 10.9. The van der Waals surface area contributed by atoms with Crippen molar-refractivity contribution in [2.24, 2.45) is 0 Å². The number of piperazine rings is 1. The normalized spacial score (nSPS) is 13.5. The minimum absolute atomic E-state index is 0.000203. The number of nitrogens with zero attached hydrogens (tertiary/aromatic N) is 4. The summed E-state index contributed by atoms with van der Waals surface area (Å²) in [4.78, 5) is 48.5. The first-order chi connectivity index (χ1) is 15.1. The van der Waals surface area contributed by atoms with Gasteiger partial charge in [-0.1, -0.05) is 0 Å². The molecule has 1 fully saturated rings. The number of benzene rings is 1. The summed E-state index contributed by atoms with van der Waals surface area (Å²) in [6.45, 7) is 5.19. The number of hydrogen-bond acceptors (Lipinski definition) is 6. The van der Waals surface area contributed by atoms with Gasteiger partial charge in [-0.15, -0.1) is 0 Å². The molecular formula is C21H27N7O3. The molecule has 0 bridgehead atoms. The number of amides is 4. The molecule has 0 saturated carbocycles. The molecule has 31 heavy (non-hydrogen) atoms. The molecule has 1 aromatic carbocycles. The molecule has 1 aromatic heterocycles. The van der Waals surface area contributed by atoms with Gasteiger partial charge in [0, 0.05) is 69.3 Å². The van der Waals surface area contributed by atoms with Gasteiger partial charge in [0.2, 0.25) is 11.9 Å². The Labute approximate surface area is 181 Å². The van der Waals surface area contributed by atoms with Gasteiger partial charge in [-0.3, -0.25) is 9.59 Å². The molecule has 0 atom stereocenters. The first kappa shape index (κ1) is 22.0. The molecule has 2 aromatic rings. The molecule has 10 heteroatoms. The lowest BCUT2D eigenvalue weighted by Gasteiger charge is -2.34. The molecule has 1 aliphatic rings. The van der Waals surface area contributed by atoms with Crippen LogP contribution in [0.25, 0.3) is 0 Å². The number of anilines is 2. The van der Waals surface area contributed by atoms with Crippen LogP contribution < -0.4 is 20.9 Å². The van der Waals surface area contributed by atoms with Crippen molar-refractivity contribution in [1.82, 2.24) is 25.5 Å². The Morgan fingerprint density at radius 3 is 2.29 bits per heavy atom. The molecule has 10 nitrogen and oxygen atoms in total. The van der Waals surface area contributed by atoms with E-state index in [1.165, 1.54) is 0 Å². The zero-order valence-electron chi connectivity index (χ0n) is 17.5. The van der Waals surface area contributed by atoms with E-state index in [2.05, 4.69) is 25.9 Å². The van der Waals surface area contributed by atoms with Crippen LogP contribution >= 0.6 is 0 Å². The van der Waals surface area contributed by atoms with Crippen molar-refractivity contribution >= 4 is 29.5 Å². The summed E-state index contributed by atoms with van der Waals surface area (Å²) in [7, 11) is 0. The van der Waals surface area contributed by atoms with E-state index in [4.69, 9.17) is 0 Å². The van der Waals surface area contributed by atoms with E-state index in [0.717, 1.165) is 0 Å². The number of nitrogens with one attached hydrogen (secondary N) is 3. The van der Waals surface area contributed by atoms with Gasteiger partial charge in [-0.2, -0.15) is 0 Å². The third-order valence-corrected chi connectivity index (χ3v) is 4.83. The monoisotopic (exact) mass is 425 g/mol. The zero-order valence-corrected chi connectivity index (χ0v) is 17.5. The van der Waals surface area contributed by atoms with Crippen LogP contribution in [0.2, 0.25) is 0 Å². The summed E-state index contributed by atoms with van der Waals surface area (Å²) >= 11 is 0. The van der Waals surface area contributed by atoms with Crippen LogP contribution in [-0.2, 0) is 4.79 Å². The van der Waals surface area contributed by atoms with Crippen LogP contribution in [0.1, 0.15) is 23.7 Å². The van der Waals surface area contributed by atoms with Crippen LogP contribution in [0.5, 0.6) is 0 Å². The van der Waals surface area contributed by atoms with Gasteiger partial charge in [0.15, 0.2) is 0 Å². The Morgan fingerprint density at radius 2 is 1.65 bits per heavy atom. The van der Waals surface area contributed by atoms with Gasteiger partial charge in [0.05, 0.1) is 0 Å². The van der Waals surface area contributed by atoms with Crippen molar-refractivity contribution in [1.29, 1.82) is 0 Å². The molecule has 2 heterocycles. The highest BCUT2D eigenvalue weighted by Gasteiger charge is 2.22. The lowest BCUT2D eigenvalue weighted by atomic mass is 10.2. The summed E-state index contributed by atoms with van der Waals surface area (Å²) in [6, 6.07) is 7.97. The molecule has 0 unspecified atom stereocenters. The molecular weight excluding hydrogens is 398 g/mol. The zero-order chi connectivity index (χ0) is 22.1. The number of aromatic nitrogens is 2. The second-order valence-corrected chi connectivity index (χ2v) is 6.98. The lowest BCUT2D eigenvalue weighted by molar-refractivity contribution is -0.131. The van der Waals surface area contributed by atoms with Gasteiger partial charge < -0.3 is 25.8 Å². The molecule has 3 rings (SSSR count). The van der Waals surface area contributed by atoms with E-state index in [9.17, 15) is 14.4 Å². The highest BCUT2D eigenvalue weighted by atomic mass is 16.2. The van der Waals surface area contributed by atoms with Gasteiger partial charge >= 0.3 is 6.03 Å². The van der Waals surface area contributed by atoms with Crippen LogP contribution in [0.3, 0.4) is 0 Å². The van der Waals surface area contributed by atoms with Crippen LogP contribution in [0.4, 0.5) is 16.4 Å². The van der Waals surface area contributed by atoms with E-state index in [0.29, 0.717) is 49.9 Å². The van der Waals surface area contributed by atoms with Gasteiger partial charge in [-0.25, -0.2) is 14.8 Å². The fourth-order valence-electron chi connectivity index (χ4n) is 3.19. The SMILES string of the molecule is CCNC(=O)c1ccc(NC(=O)NCCC(=O)N2CCN(c3ncccn3)CC2)cc1. The first-order valence-corrected chi connectivity index (χ1v) is 10.3. The van der Waals surface area contributed by atoms with E-state index in [-0.39, 0.29) is 24.8 Å². The maximum atomic E-state index is 12.4. The van der Waals surface area contributed by atoms with Gasteiger partial charge in [-0.05, 0) is 37.3 Å². The summed E-state index contributed by atoms with van der Waals surface area (Å²) in [5.41, 5.74) is 1.09. The average molecular weight is 425 g/mol. The van der Waals surface area contributed by atoms with Crippen LogP contribution in [0.15, 0.2) is 42.7 Å². The molecule has 1 aliphatic heterocycles. The Morgan fingerprint density at radius 1 is 0.968 bits per heavy atom. The molecule has 0 spiro atoms. The highest BCUT2D eigenvalue weighted by Crippen LogP contribution is 2.11. The number of hydrogen-bond donors (Lipinski definition) is 3. The van der Waals surface area contributed by atoms with Crippen LogP contribution in [-0.4, -0.2) is 72.0 Å². The average Bonchev–Trinajstić information content (AvgIpc) is 2.80. The largest absolute Gasteiger partial charge is 0.352 e. The van der Waals surface area contributed by atoms with Crippen molar-refractivity contribution in [3.8, 4) is 0 Å². The number of urea groups is 1. The van der Waals surface area contributed by atoms with Gasteiger partial charge in [0.25, 0.3) is 5.91 Å². The standard InChI is InChI=1S/C21H27N7O3/c1-2-22-19(30)16-4-6-17(7-5-16)26-21(31)25-11-8-18(29)27-12-14-28(15-13-27)20-23-9-3-10-24-20/h3-7,9-10H,2,8,11-15H2,1H3,(H,22,30)(H2,25,26,31). The smallest absolute Gasteiger partial charge is 0.319 e. The van der Waals surface area contributed by atoms with Crippen molar-refractivity contribution < 1.29 is 14.4 Å². The molecule has 3 N–H and O–H groups in total. The summed E-state index contributed by atoms with van der Waals surface area (Å²) in [5.74, 6) is 0.515. The fraction of sp³-hybridized carbons (Fsp3) is 0.381. The third kappa shape index (κ3) is 6.39. The predicted molar refractivity (Wildman–Crippen MR) is 117 cm³/mol. The number of carbonyl (C=O) groups excluding carboxylic acids is 3. The second-order valence-electron chi connectivity index (χ2n) is 6.98. The van der Waals surface area contributed by atoms with Crippen molar-refractivity contribution in [3.63, 3.8) is 0 Å². The molecule has 0 radical (unpaired) electrons. The minimum Gasteiger partial charge on any atom is -0.352 e. The van der Waals surface area contributed by atoms with Crippen molar-refractivity contribution in [3.05, 3.63) is 48.3 Å². The number of rotatable bonds is 7. The Hall–Kier alpha value is -3.69. The van der Waals surface area contributed by atoms with Gasteiger partial charge in [0.1, 0.15) is 0 Å². The first-order valence-electron chi connectivity index (χ1n) is 10.3. The Bertz CT molecular complexity index is 882. The third-order valence-electron chi connectivity index (χ3n) is 4.83. The summed E-state index contributed by atoms with van der Waals surface area (Å²) in [6.07, 6.45) is 3.63. The topological polar surface area (TPSA) is 120 Å². The predicted octanol–water partition coefficient (Wildman–Crippen LogP) is 1.09. The van der Waals surface area contributed by atoms with Crippen molar-refractivity contribution in [2.75, 3.05) is 49.5 Å². The molecule has 164 valence electrons.